The Kier molecular flexibility index (Phi) is 5.62. The smallest absolute Gasteiger partial charge is 0.478 e. The van der Waals surface area contributed by atoms with E-state index in [9.17, 15) is 4.79 Å². The fourth-order valence-electron chi connectivity index (χ4n) is 0.955. The molecular formula is C8H16O5Si. The summed E-state index contributed by atoms with van der Waals surface area (Å²) in [6, 6.07) is 0. The van der Waals surface area contributed by atoms with Gasteiger partial charge < -0.3 is 18.4 Å². The fraction of sp³-hybridized carbons (Fsp3) is 0.625. The van der Waals surface area contributed by atoms with Crippen LogP contribution in [0.25, 0.3) is 0 Å². The van der Waals surface area contributed by atoms with E-state index in [-0.39, 0.29) is 5.57 Å². The summed E-state index contributed by atoms with van der Waals surface area (Å²) < 4.78 is 15.2. The lowest BCUT2D eigenvalue weighted by Gasteiger charge is -2.21. The molecule has 0 fully saturated rings. The van der Waals surface area contributed by atoms with E-state index < -0.39 is 14.8 Å². The van der Waals surface area contributed by atoms with Crippen LogP contribution in [0.1, 0.15) is 13.3 Å². The Hall–Kier alpha value is -0.693. The van der Waals surface area contributed by atoms with Gasteiger partial charge in [0.15, 0.2) is 0 Å². The largest absolute Gasteiger partial charge is 0.529 e. The van der Waals surface area contributed by atoms with E-state index in [4.69, 9.17) is 18.4 Å². The minimum Gasteiger partial charge on any atom is -0.478 e. The zero-order valence-electron chi connectivity index (χ0n) is 8.86. The molecule has 0 bridgehead atoms. The molecule has 1 N–H and O–H groups in total. The third-order valence-corrected chi connectivity index (χ3v) is 4.27. The Labute approximate surface area is 84.7 Å². The average Bonchev–Trinajstić information content (AvgIpc) is 2.20. The molecule has 0 atom stereocenters. The van der Waals surface area contributed by atoms with E-state index in [1.54, 1.807) is 6.92 Å². The van der Waals surface area contributed by atoms with Crippen molar-refractivity contribution in [2.45, 2.75) is 13.3 Å². The predicted octanol–water partition coefficient (Wildman–Crippen LogP) is 0.825. The van der Waals surface area contributed by atoms with Crippen molar-refractivity contribution in [2.24, 2.45) is 0 Å². The molecule has 0 aromatic heterocycles. The molecule has 0 aliphatic carbocycles. The molecule has 0 radical (unpaired) electrons. The van der Waals surface area contributed by atoms with E-state index in [0.29, 0.717) is 6.42 Å². The highest BCUT2D eigenvalue weighted by Crippen LogP contribution is 2.13. The molecule has 0 aromatic rings. The third kappa shape index (κ3) is 3.22. The summed E-state index contributed by atoms with van der Waals surface area (Å²) in [5, 5.41) is 8.81. The molecule has 0 amide bonds. The first-order valence-corrected chi connectivity index (χ1v) is 5.95. The maximum Gasteiger partial charge on any atom is 0.529 e. The molecule has 0 aromatic carbocycles. The zero-order chi connectivity index (χ0) is 11.2. The van der Waals surface area contributed by atoms with E-state index in [0.717, 1.165) is 0 Å². The van der Waals surface area contributed by atoms with Gasteiger partial charge in [0.2, 0.25) is 0 Å². The van der Waals surface area contributed by atoms with Crippen LogP contribution in [0.15, 0.2) is 11.3 Å². The number of rotatable bonds is 6. The van der Waals surface area contributed by atoms with Crippen LogP contribution in [0.3, 0.4) is 0 Å². The van der Waals surface area contributed by atoms with Crippen molar-refractivity contribution >= 4 is 14.8 Å². The molecule has 0 saturated carbocycles. The molecule has 0 aliphatic heterocycles. The molecule has 5 nitrogen and oxygen atoms in total. The Morgan fingerprint density at radius 2 is 1.71 bits per heavy atom. The maximum atomic E-state index is 10.7. The Bertz CT molecular complexity index is 214. The molecule has 0 spiro atoms. The Morgan fingerprint density at radius 1 is 1.29 bits per heavy atom. The molecule has 0 aliphatic rings. The standard InChI is InChI=1S/C8H16O5Si/c1-5-7(8(9)10)6-14(11-2,12-3)13-4/h6H,5H2,1-4H3,(H,9,10). The van der Waals surface area contributed by atoms with Crippen molar-refractivity contribution in [3.8, 4) is 0 Å². The molecule has 0 heterocycles. The van der Waals surface area contributed by atoms with Crippen LogP contribution in [0, 0.1) is 0 Å². The summed E-state index contributed by atoms with van der Waals surface area (Å²) in [6.45, 7) is 1.75. The SMILES string of the molecule is CCC(=C[Si](OC)(OC)OC)C(=O)O. The predicted molar refractivity (Wildman–Crippen MR) is 52.8 cm³/mol. The third-order valence-electron chi connectivity index (χ3n) is 1.86. The Morgan fingerprint density at radius 3 is 1.93 bits per heavy atom. The highest BCUT2D eigenvalue weighted by Gasteiger charge is 2.36. The van der Waals surface area contributed by atoms with Crippen LogP contribution in [-0.2, 0) is 18.1 Å². The lowest BCUT2D eigenvalue weighted by Crippen LogP contribution is -2.41. The van der Waals surface area contributed by atoms with Crippen molar-refractivity contribution in [3.63, 3.8) is 0 Å². The molecule has 6 heteroatoms. The second kappa shape index (κ2) is 5.92. The van der Waals surface area contributed by atoms with E-state index >= 15 is 0 Å². The van der Waals surface area contributed by atoms with E-state index in [1.807, 2.05) is 0 Å². The van der Waals surface area contributed by atoms with Crippen molar-refractivity contribution < 1.29 is 23.2 Å². The number of carboxylic acid groups (broad SMARTS) is 1. The van der Waals surface area contributed by atoms with Crippen LogP contribution >= 0.6 is 0 Å². The number of hydrogen-bond acceptors (Lipinski definition) is 4. The van der Waals surface area contributed by atoms with Crippen molar-refractivity contribution in [1.29, 1.82) is 0 Å². The monoisotopic (exact) mass is 220 g/mol. The maximum absolute atomic E-state index is 10.7. The number of hydrogen-bond donors (Lipinski definition) is 1. The van der Waals surface area contributed by atoms with E-state index in [2.05, 4.69) is 0 Å². The van der Waals surface area contributed by atoms with Crippen LogP contribution in [0.5, 0.6) is 0 Å². The second-order valence-electron chi connectivity index (χ2n) is 2.54. The van der Waals surface area contributed by atoms with Crippen molar-refractivity contribution in [2.75, 3.05) is 21.3 Å². The summed E-state index contributed by atoms with van der Waals surface area (Å²) in [5.74, 6) is -0.976. The zero-order valence-corrected chi connectivity index (χ0v) is 9.86. The van der Waals surface area contributed by atoms with Gasteiger partial charge in [0.25, 0.3) is 0 Å². The molecular weight excluding hydrogens is 204 g/mol. The van der Waals surface area contributed by atoms with Gasteiger partial charge in [0.05, 0.1) is 0 Å². The second-order valence-corrected chi connectivity index (χ2v) is 5.26. The van der Waals surface area contributed by atoms with Gasteiger partial charge in [-0.3, -0.25) is 0 Å². The number of carboxylic acids is 1. The summed E-state index contributed by atoms with van der Waals surface area (Å²) in [6.07, 6.45) is 0.403. The van der Waals surface area contributed by atoms with Gasteiger partial charge in [0.1, 0.15) is 0 Å². The summed E-state index contributed by atoms with van der Waals surface area (Å²) >= 11 is 0. The van der Waals surface area contributed by atoms with Gasteiger partial charge >= 0.3 is 14.8 Å². The van der Waals surface area contributed by atoms with Crippen molar-refractivity contribution in [3.05, 3.63) is 11.3 Å². The van der Waals surface area contributed by atoms with Gasteiger partial charge in [-0.05, 0) is 12.1 Å². The first kappa shape index (κ1) is 13.3. The van der Waals surface area contributed by atoms with Crippen LogP contribution in [0.4, 0.5) is 0 Å². The molecule has 0 unspecified atom stereocenters. The molecule has 14 heavy (non-hydrogen) atoms. The lowest BCUT2D eigenvalue weighted by molar-refractivity contribution is -0.132. The first-order valence-electron chi connectivity index (χ1n) is 4.15. The Balaban J connectivity index is 4.93. The van der Waals surface area contributed by atoms with Crippen LogP contribution in [-0.4, -0.2) is 41.2 Å². The summed E-state index contributed by atoms with van der Waals surface area (Å²) in [7, 11) is 1.40. The quantitative estimate of drug-likeness (QED) is 0.530. The molecule has 0 saturated heterocycles. The summed E-state index contributed by atoms with van der Waals surface area (Å²) in [4.78, 5) is 10.7. The topological polar surface area (TPSA) is 65.0 Å². The highest BCUT2D eigenvalue weighted by atomic mass is 28.4. The normalized spacial score (nSPS) is 13.0. The number of aliphatic carboxylic acids is 1. The van der Waals surface area contributed by atoms with Crippen LogP contribution < -0.4 is 0 Å². The minimum absolute atomic E-state index is 0.238. The van der Waals surface area contributed by atoms with Gasteiger partial charge in [0, 0.05) is 26.9 Å². The van der Waals surface area contributed by atoms with E-state index in [1.165, 1.54) is 27.0 Å². The molecule has 82 valence electrons. The first-order chi connectivity index (χ1) is 6.55. The summed E-state index contributed by atoms with van der Waals surface area (Å²) in [5.41, 5.74) is 1.68. The number of carbonyl (C=O) groups is 1. The van der Waals surface area contributed by atoms with Gasteiger partial charge in [-0.2, -0.15) is 0 Å². The van der Waals surface area contributed by atoms with Crippen molar-refractivity contribution in [1.82, 2.24) is 0 Å². The lowest BCUT2D eigenvalue weighted by atomic mass is 10.2. The van der Waals surface area contributed by atoms with Gasteiger partial charge in [-0.15, -0.1) is 0 Å². The minimum atomic E-state index is -2.91. The van der Waals surface area contributed by atoms with Crippen LogP contribution in [0.2, 0.25) is 0 Å². The highest BCUT2D eigenvalue weighted by molar-refractivity contribution is 6.66. The molecule has 0 rings (SSSR count). The van der Waals surface area contributed by atoms with Gasteiger partial charge in [-0.25, -0.2) is 4.79 Å². The van der Waals surface area contributed by atoms with Gasteiger partial charge in [-0.1, -0.05) is 6.92 Å². The fourth-order valence-corrected chi connectivity index (χ4v) is 2.56. The average molecular weight is 220 g/mol.